The van der Waals surface area contributed by atoms with Gasteiger partial charge in [0.15, 0.2) is 0 Å². The molecule has 0 amide bonds. The summed E-state index contributed by atoms with van der Waals surface area (Å²) in [6.45, 7) is 2.82. The van der Waals surface area contributed by atoms with Crippen molar-refractivity contribution < 1.29 is 4.74 Å². The van der Waals surface area contributed by atoms with Crippen molar-refractivity contribution in [1.29, 1.82) is 0 Å². The molecule has 1 N–H and O–H groups in total. The maximum atomic E-state index is 5.21. The van der Waals surface area contributed by atoms with E-state index in [0.29, 0.717) is 0 Å². The van der Waals surface area contributed by atoms with Gasteiger partial charge in [0.2, 0.25) is 0 Å². The van der Waals surface area contributed by atoms with E-state index in [1.165, 1.54) is 11.1 Å². The molecule has 0 saturated heterocycles. The lowest BCUT2D eigenvalue weighted by atomic mass is 10.1. The molecule has 2 aromatic rings. The molecular weight excluding hydrogens is 292 g/mol. The molecule has 0 bridgehead atoms. The van der Waals surface area contributed by atoms with Crippen LogP contribution in [0.1, 0.15) is 11.1 Å². The van der Waals surface area contributed by atoms with Crippen LogP contribution >= 0.6 is 15.9 Å². The van der Waals surface area contributed by atoms with Gasteiger partial charge in [-0.3, -0.25) is 4.98 Å². The number of nitrogens with zero attached hydrogens (tertiary/aromatic N) is 1. The normalized spacial score (nSPS) is 10.2. The Kier molecular flexibility index (Phi) is 4.20. The van der Waals surface area contributed by atoms with E-state index in [-0.39, 0.29) is 0 Å². The monoisotopic (exact) mass is 306 g/mol. The summed E-state index contributed by atoms with van der Waals surface area (Å²) in [5, 5.41) is 3.38. The van der Waals surface area contributed by atoms with Gasteiger partial charge in [0, 0.05) is 29.5 Å². The number of anilines is 1. The minimum absolute atomic E-state index is 0.742. The van der Waals surface area contributed by atoms with Gasteiger partial charge < -0.3 is 10.1 Å². The molecule has 0 atom stereocenters. The van der Waals surface area contributed by atoms with Crippen LogP contribution in [0, 0.1) is 6.92 Å². The van der Waals surface area contributed by atoms with Gasteiger partial charge >= 0.3 is 0 Å². The van der Waals surface area contributed by atoms with Crippen molar-refractivity contribution in [2.75, 3.05) is 12.4 Å². The number of pyridine rings is 1. The zero-order valence-corrected chi connectivity index (χ0v) is 12.0. The molecular formula is C14H15BrN2O. The van der Waals surface area contributed by atoms with E-state index < -0.39 is 0 Å². The molecule has 94 valence electrons. The fourth-order valence-electron chi connectivity index (χ4n) is 1.64. The van der Waals surface area contributed by atoms with Crippen LogP contribution in [0.25, 0.3) is 0 Å². The smallest absolute Gasteiger partial charge is 0.121 e. The first-order valence-electron chi connectivity index (χ1n) is 5.67. The van der Waals surface area contributed by atoms with Crippen molar-refractivity contribution in [3.05, 3.63) is 52.3 Å². The number of hydrogen-bond acceptors (Lipinski definition) is 3. The molecule has 0 unspecified atom stereocenters. The first-order valence-corrected chi connectivity index (χ1v) is 6.47. The molecule has 0 aliphatic rings. The second kappa shape index (κ2) is 5.87. The van der Waals surface area contributed by atoms with E-state index in [2.05, 4.69) is 33.2 Å². The molecule has 0 aliphatic carbocycles. The topological polar surface area (TPSA) is 34.1 Å². The lowest BCUT2D eigenvalue weighted by Gasteiger charge is -2.11. The highest BCUT2D eigenvalue weighted by molar-refractivity contribution is 9.10. The third kappa shape index (κ3) is 3.01. The summed E-state index contributed by atoms with van der Waals surface area (Å²) in [4.78, 5) is 4.14. The summed E-state index contributed by atoms with van der Waals surface area (Å²) in [5.41, 5.74) is 3.43. The standard InChI is InChI=1S/C14H15BrN2O/c1-10-5-6-16-8-11(10)9-17-14-7-12(18-2)3-4-13(14)15/h3-8,17H,9H2,1-2H3. The number of aryl methyl sites for hydroxylation is 1. The molecule has 18 heavy (non-hydrogen) atoms. The Morgan fingerprint density at radius 2 is 2.17 bits per heavy atom. The average Bonchev–Trinajstić information content (AvgIpc) is 2.39. The molecule has 0 radical (unpaired) electrons. The lowest BCUT2D eigenvalue weighted by molar-refractivity contribution is 0.415. The van der Waals surface area contributed by atoms with Gasteiger partial charge in [-0.1, -0.05) is 0 Å². The van der Waals surface area contributed by atoms with E-state index >= 15 is 0 Å². The second-order valence-corrected chi connectivity index (χ2v) is 4.86. The minimum Gasteiger partial charge on any atom is -0.497 e. The Morgan fingerprint density at radius 1 is 1.33 bits per heavy atom. The van der Waals surface area contributed by atoms with Crippen molar-refractivity contribution >= 4 is 21.6 Å². The van der Waals surface area contributed by atoms with Crippen LogP contribution in [-0.4, -0.2) is 12.1 Å². The predicted octanol–water partition coefficient (Wildman–Crippen LogP) is 3.77. The van der Waals surface area contributed by atoms with Crippen LogP contribution in [0.2, 0.25) is 0 Å². The van der Waals surface area contributed by atoms with Crippen molar-refractivity contribution in [3.63, 3.8) is 0 Å². The average molecular weight is 307 g/mol. The largest absolute Gasteiger partial charge is 0.497 e. The zero-order valence-electron chi connectivity index (χ0n) is 10.4. The quantitative estimate of drug-likeness (QED) is 0.933. The summed E-state index contributed by atoms with van der Waals surface area (Å²) in [5.74, 6) is 0.837. The number of halogens is 1. The van der Waals surface area contributed by atoms with E-state index in [0.717, 1.165) is 22.5 Å². The zero-order chi connectivity index (χ0) is 13.0. The molecule has 4 heteroatoms. The summed E-state index contributed by atoms with van der Waals surface area (Å²) in [6, 6.07) is 7.87. The van der Waals surface area contributed by atoms with E-state index in [4.69, 9.17) is 4.74 Å². The second-order valence-electron chi connectivity index (χ2n) is 4.00. The number of benzene rings is 1. The Balaban J connectivity index is 2.13. The number of methoxy groups -OCH3 is 1. The lowest BCUT2D eigenvalue weighted by Crippen LogP contribution is -2.02. The molecule has 1 heterocycles. The maximum Gasteiger partial charge on any atom is 0.121 e. The maximum absolute atomic E-state index is 5.21. The van der Waals surface area contributed by atoms with Crippen LogP contribution in [0.5, 0.6) is 5.75 Å². The molecule has 2 rings (SSSR count). The van der Waals surface area contributed by atoms with Gasteiger partial charge in [0.1, 0.15) is 5.75 Å². The fraction of sp³-hybridized carbons (Fsp3) is 0.214. The summed E-state index contributed by atoms with van der Waals surface area (Å²) >= 11 is 3.52. The van der Waals surface area contributed by atoms with Crippen molar-refractivity contribution in [2.24, 2.45) is 0 Å². The van der Waals surface area contributed by atoms with Crippen LogP contribution in [0.15, 0.2) is 41.1 Å². The van der Waals surface area contributed by atoms with Crippen molar-refractivity contribution in [2.45, 2.75) is 13.5 Å². The van der Waals surface area contributed by atoms with Crippen molar-refractivity contribution in [3.8, 4) is 5.75 Å². The predicted molar refractivity (Wildman–Crippen MR) is 77.0 cm³/mol. The van der Waals surface area contributed by atoms with Crippen LogP contribution in [0.3, 0.4) is 0 Å². The van der Waals surface area contributed by atoms with Crippen LogP contribution in [-0.2, 0) is 6.54 Å². The Morgan fingerprint density at radius 3 is 2.89 bits per heavy atom. The van der Waals surface area contributed by atoms with Gasteiger partial charge in [-0.15, -0.1) is 0 Å². The first kappa shape index (κ1) is 12.9. The molecule has 0 fully saturated rings. The Labute approximate surface area is 115 Å². The van der Waals surface area contributed by atoms with E-state index in [9.17, 15) is 0 Å². The highest BCUT2D eigenvalue weighted by Gasteiger charge is 2.03. The number of hydrogen-bond donors (Lipinski definition) is 1. The number of nitrogens with one attached hydrogen (secondary N) is 1. The fourth-order valence-corrected chi connectivity index (χ4v) is 2.03. The van der Waals surface area contributed by atoms with Crippen LogP contribution < -0.4 is 10.1 Å². The third-order valence-electron chi connectivity index (χ3n) is 2.79. The Hall–Kier alpha value is -1.55. The molecule has 0 spiro atoms. The molecule has 3 nitrogen and oxygen atoms in total. The van der Waals surface area contributed by atoms with Crippen molar-refractivity contribution in [1.82, 2.24) is 4.98 Å². The van der Waals surface area contributed by atoms with Gasteiger partial charge in [0.25, 0.3) is 0 Å². The SMILES string of the molecule is COc1ccc(Br)c(NCc2cnccc2C)c1. The number of aromatic nitrogens is 1. The number of rotatable bonds is 4. The first-order chi connectivity index (χ1) is 8.70. The van der Waals surface area contributed by atoms with E-state index in [1.54, 1.807) is 13.3 Å². The molecule has 1 aromatic heterocycles. The summed E-state index contributed by atoms with van der Waals surface area (Å²) in [7, 11) is 1.66. The molecule has 0 aliphatic heterocycles. The van der Waals surface area contributed by atoms with Crippen LogP contribution in [0.4, 0.5) is 5.69 Å². The van der Waals surface area contributed by atoms with Gasteiger partial charge in [0.05, 0.1) is 12.8 Å². The highest BCUT2D eigenvalue weighted by Crippen LogP contribution is 2.27. The van der Waals surface area contributed by atoms with Gasteiger partial charge in [-0.05, 0) is 52.2 Å². The highest BCUT2D eigenvalue weighted by atomic mass is 79.9. The molecule has 1 aromatic carbocycles. The van der Waals surface area contributed by atoms with Gasteiger partial charge in [-0.2, -0.15) is 0 Å². The Bertz CT molecular complexity index is 543. The summed E-state index contributed by atoms with van der Waals surface area (Å²) in [6.07, 6.45) is 3.69. The third-order valence-corrected chi connectivity index (χ3v) is 3.48. The van der Waals surface area contributed by atoms with E-state index in [1.807, 2.05) is 30.5 Å². The number of ether oxygens (including phenoxy) is 1. The minimum atomic E-state index is 0.742. The van der Waals surface area contributed by atoms with Gasteiger partial charge in [-0.25, -0.2) is 0 Å². The molecule has 0 saturated carbocycles. The summed E-state index contributed by atoms with van der Waals surface area (Å²) < 4.78 is 6.23.